The lowest BCUT2D eigenvalue weighted by Crippen LogP contribution is -2.40. The lowest BCUT2D eigenvalue weighted by atomic mass is 10.3. The van der Waals surface area contributed by atoms with Gasteiger partial charge in [0.25, 0.3) is 0 Å². The zero-order valence-corrected chi connectivity index (χ0v) is 4.68. The molecule has 1 atom stereocenters. The maximum atomic E-state index is 3.83. The zero-order valence-electron chi connectivity index (χ0n) is 4.68. The predicted octanol–water partition coefficient (Wildman–Crippen LogP) is -1.60. The molecule has 0 bridgehead atoms. The van der Waals surface area contributed by atoms with Gasteiger partial charge in [-0.25, -0.2) is 5.43 Å². The van der Waals surface area contributed by atoms with Gasteiger partial charge in [-0.3, -0.25) is 5.43 Å². The maximum absolute atomic E-state index is 3.83. The molecule has 5 nitrogen and oxygen atoms in total. The fourth-order valence-corrected chi connectivity index (χ4v) is 0.805. The molecule has 2 aliphatic rings. The van der Waals surface area contributed by atoms with Crippen LogP contribution < -0.4 is 21.8 Å². The van der Waals surface area contributed by atoms with E-state index in [2.05, 4.69) is 26.9 Å². The Morgan fingerprint density at radius 1 is 1.56 bits per heavy atom. The molecule has 1 saturated heterocycles. The molecule has 1 fully saturated rings. The minimum absolute atomic E-state index is 0.106. The van der Waals surface area contributed by atoms with Crippen LogP contribution in [-0.4, -0.2) is 12.4 Å². The summed E-state index contributed by atoms with van der Waals surface area (Å²) in [6.07, 6.45) is 3.71. The average Bonchev–Trinajstić information content (AvgIpc) is 2.33. The molecule has 0 aliphatic carbocycles. The highest BCUT2D eigenvalue weighted by Crippen LogP contribution is 1.99. The lowest BCUT2D eigenvalue weighted by molar-refractivity contribution is 0.489. The van der Waals surface area contributed by atoms with Crippen molar-refractivity contribution in [2.24, 2.45) is 5.10 Å². The number of nitrogens with one attached hydrogen (secondary N) is 4. The summed E-state index contributed by atoms with van der Waals surface area (Å²) in [6.45, 7) is 0. The standard InChI is InChI=1S/C4H7N5/c1-2-5-7-4-3(1)6-9-8-4/h1-2,4,6-9H. The summed E-state index contributed by atoms with van der Waals surface area (Å²) < 4.78 is 0. The van der Waals surface area contributed by atoms with Crippen molar-refractivity contribution in [3.05, 3.63) is 11.8 Å². The topological polar surface area (TPSA) is 60.5 Å². The van der Waals surface area contributed by atoms with E-state index in [0.717, 1.165) is 5.70 Å². The van der Waals surface area contributed by atoms with Crippen LogP contribution in [0.15, 0.2) is 16.9 Å². The molecule has 1 unspecified atom stereocenters. The van der Waals surface area contributed by atoms with Gasteiger partial charge in [-0.2, -0.15) is 10.6 Å². The number of rotatable bonds is 0. The molecule has 9 heavy (non-hydrogen) atoms. The number of nitrogens with zero attached hydrogens (tertiary/aromatic N) is 1. The molecule has 0 aromatic rings. The number of fused-ring (bicyclic) bond motifs is 1. The fraction of sp³-hybridized carbons (Fsp3) is 0.250. The van der Waals surface area contributed by atoms with Crippen molar-refractivity contribution >= 4 is 6.21 Å². The van der Waals surface area contributed by atoms with E-state index in [-0.39, 0.29) is 6.17 Å². The number of allylic oxidation sites excluding steroid dienone is 1. The molecule has 2 heterocycles. The summed E-state index contributed by atoms with van der Waals surface area (Å²) in [5.74, 6) is 0. The van der Waals surface area contributed by atoms with Crippen molar-refractivity contribution in [2.75, 3.05) is 0 Å². The van der Waals surface area contributed by atoms with Gasteiger partial charge in [-0.15, -0.1) is 0 Å². The van der Waals surface area contributed by atoms with E-state index in [1.165, 1.54) is 0 Å². The number of hydrazone groups is 1. The number of hydrogen-bond acceptors (Lipinski definition) is 5. The van der Waals surface area contributed by atoms with Crippen LogP contribution in [0.3, 0.4) is 0 Å². The van der Waals surface area contributed by atoms with Crippen LogP contribution in [-0.2, 0) is 0 Å². The van der Waals surface area contributed by atoms with Gasteiger partial charge in [0.05, 0.1) is 5.70 Å². The summed E-state index contributed by atoms with van der Waals surface area (Å²) in [5.41, 5.74) is 12.5. The van der Waals surface area contributed by atoms with E-state index in [0.29, 0.717) is 0 Å². The quantitative estimate of drug-likeness (QED) is 0.315. The number of hydrazine groups is 2. The van der Waals surface area contributed by atoms with Crippen molar-refractivity contribution < 1.29 is 0 Å². The van der Waals surface area contributed by atoms with Gasteiger partial charge >= 0.3 is 0 Å². The van der Waals surface area contributed by atoms with Crippen LogP contribution in [0, 0.1) is 0 Å². The van der Waals surface area contributed by atoms with Gasteiger partial charge in [0.2, 0.25) is 0 Å². The van der Waals surface area contributed by atoms with Crippen molar-refractivity contribution in [3.63, 3.8) is 0 Å². The summed E-state index contributed by atoms with van der Waals surface area (Å²) >= 11 is 0. The molecule has 2 rings (SSSR count). The Morgan fingerprint density at radius 2 is 2.56 bits per heavy atom. The Hall–Kier alpha value is -1.07. The Kier molecular flexibility index (Phi) is 0.909. The van der Waals surface area contributed by atoms with Crippen LogP contribution in [0.4, 0.5) is 0 Å². The predicted molar refractivity (Wildman–Crippen MR) is 32.9 cm³/mol. The van der Waals surface area contributed by atoms with Crippen molar-refractivity contribution in [1.29, 1.82) is 0 Å². The first-order valence-corrected chi connectivity index (χ1v) is 2.72. The first-order chi connectivity index (χ1) is 4.47. The van der Waals surface area contributed by atoms with Gasteiger partial charge in [-0.1, -0.05) is 0 Å². The Morgan fingerprint density at radius 3 is 3.44 bits per heavy atom. The van der Waals surface area contributed by atoms with Crippen LogP contribution in [0.1, 0.15) is 0 Å². The Labute approximate surface area is 52.1 Å². The highest BCUT2D eigenvalue weighted by molar-refractivity contribution is 5.73. The monoisotopic (exact) mass is 125 g/mol. The zero-order chi connectivity index (χ0) is 6.10. The lowest BCUT2D eigenvalue weighted by Gasteiger charge is -2.11. The van der Waals surface area contributed by atoms with E-state index >= 15 is 0 Å². The average molecular weight is 125 g/mol. The second-order valence-corrected chi connectivity index (χ2v) is 1.86. The van der Waals surface area contributed by atoms with Crippen LogP contribution in [0.25, 0.3) is 0 Å². The molecule has 48 valence electrons. The van der Waals surface area contributed by atoms with Gasteiger partial charge in [0, 0.05) is 6.21 Å². The van der Waals surface area contributed by atoms with Crippen molar-refractivity contribution in [3.8, 4) is 0 Å². The summed E-state index contributed by atoms with van der Waals surface area (Å²) in [4.78, 5) is 0. The summed E-state index contributed by atoms with van der Waals surface area (Å²) in [7, 11) is 0. The highest BCUT2D eigenvalue weighted by Gasteiger charge is 2.19. The molecule has 0 saturated carbocycles. The molecular weight excluding hydrogens is 118 g/mol. The fourth-order valence-electron chi connectivity index (χ4n) is 0.805. The van der Waals surface area contributed by atoms with Crippen molar-refractivity contribution in [2.45, 2.75) is 6.17 Å². The highest BCUT2D eigenvalue weighted by atomic mass is 15.7. The van der Waals surface area contributed by atoms with E-state index in [4.69, 9.17) is 0 Å². The van der Waals surface area contributed by atoms with E-state index in [1.54, 1.807) is 6.21 Å². The maximum Gasteiger partial charge on any atom is 0.149 e. The van der Waals surface area contributed by atoms with Gasteiger partial charge in [0.15, 0.2) is 0 Å². The van der Waals surface area contributed by atoms with Gasteiger partial charge in [-0.05, 0) is 6.08 Å². The normalized spacial score (nSPS) is 30.2. The summed E-state index contributed by atoms with van der Waals surface area (Å²) in [6, 6.07) is 0. The largest absolute Gasteiger partial charge is 0.309 e. The smallest absolute Gasteiger partial charge is 0.149 e. The first kappa shape index (κ1) is 4.78. The molecule has 4 N–H and O–H groups in total. The third-order valence-electron chi connectivity index (χ3n) is 1.27. The van der Waals surface area contributed by atoms with Crippen LogP contribution in [0.5, 0.6) is 0 Å². The van der Waals surface area contributed by atoms with Crippen LogP contribution in [0.2, 0.25) is 0 Å². The Bertz CT molecular complexity index is 172. The van der Waals surface area contributed by atoms with E-state index in [1.807, 2.05) is 6.08 Å². The summed E-state index contributed by atoms with van der Waals surface area (Å²) in [5, 5.41) is 3.83. The minimum Gasteiger partial charge on any atom is -0.309 e. The minimum atomic E-state index is 0.106. The molecule has 5 heteroatoms. The van der Waals surface area contributed by atoms with E-state index in [9.17, 15) is 0 Å². The van der Waals surface area contributed by atoms with E-state index < -0.39 is 0 Å². The molecule has 0 aromatic carbocycles. The third kappa shape index (κ3) is 0.664. The molecule has 0 radical (unpaired) electrons. The third-order valence-corrected chi connectivity index (χ3v) is 1.27. The van der Waals surface area contributed by atoms with Gasteiger partial charge in [0.1, 0.15) is 6.17 Å². The first-order valence-electron chi connectivity index (χ1n) is 2.72. The second-order valence-electron chi connectivity index (χ2n) is 1.86. The Balaban J connectivity index is 2.23. The second kappa shape index (κ2) is 1.71. The molecule has 2 aliphatic heterocycles. The SMILES string of the molecule is C1=NNC2NNNC2=C1. The molecule has 0 aromatic heterocycles. The van der Waals surface area contributed by atoms with Gasteiger partial charge < -0.3 is 5.43 Å². The van der Waals surface area contributed by atoms with Crippen molar-refractivity contribution in [1.82, 2.24) is 21.8 Å². The number of hydrogen-bond donors (Lipinski definition) is 4. The molecular formula is C4H7N5. The molecule has 0 amide bonds. The molecule has 0 spiro atoms. The van der Waals surface area contributed by atoms with Crippen LogP contribution >= 0.6 is 0 Å².